The second-order valence-electron chi connectivity index (χ2n) is 5.65. The third kappa shape index (κ3) is 3.38. The Balaban J connectivity index is 1.83. The molecule has 2 N–H and O–H groups in total. The molecule has 0 heterocycles. The van der Waals surface area contributed by atoms with E-state index in [0.29, 0.717) is 16.7 Å². The van der Waals surface area contributed by atoms with E-state index in [-0.39, 0.29) is 11.8 Å². The predicted octanol–water partition coefficient (Wildman–Crippen LogP) is 3.59. The average Bonchev–Trinajstić information content (AvgIpc) is 2.38. The number of carbonyl (C=O) groups excluding carboxylic acids is 2. The highest BCUT2D eigenvalue weighted by Gasteiger charge is 2.35. The van der Waals surface area contributed by atoms with Gasteiger partial charge in [-0.1, -0.05) is 13.3 Å². The van der Waals surface area contributed by atoms with Crippen LogP contribution in [0.5, 0.6) is 0 Å². The fraction of sp³-hybridized carbons (Fsp3) is 0.500. The first-order valence-electron chi connectivity index (χ1n) is 7.20. The molecule has 0 bridgehead atoms. The molecular weight excluding hydrogens is 252 g/mol. The molecule has 1 aromatic rings. The predicted molar refractivity (Wildman–Crippen MR) is 80.0 cm³/mol. The van der Waals surface area contributed by atoms with E-state index >= 15 is 0 Å². The first-order chi connectivity index (χ1) is 9.54. The summed E-state index contributed by atoms with van der Waals surface area (Å²) in [6.07, 6.45) is 4.79. The third-order valence-electron chi connectivity index (χ3n) is 4.34. The van der Waals surface area contributed by atoms with Crippen LogP contribution >= 0.6 is 0 Å². The van der Waals surface area contributed by atoms with Crippen molar-refractivity contribution in [1.29, 1.82) is 0 Å². The average molecular weight is 274 g/mol. The van der Waals surface area contributed by atoms with Crippen molar-refractivity contribution in [2.75, 3.05) is 11.9 Å². The Hall–Kier alpha value is -1.84. The lowest BCUT2D eigenvalue weighted by Gasteiger charge is -2.41. The van der Waals surface area contributed by atoms with E-state index in [1.165, 1.54) is 26.2 Å². The van der Waals surface area contributed by atoms with Gasteiger partial charge in [0.2, 0.25) is 0 Å². The molecule has 2 rings (SSSR count). The number of urea groups is 1. The SMILES string of the molecule is CCC1(CNC(=O)Nc2ccc(C(C)=O)cc2)CCC1. The summed E-state index contributed by atoms with van der Waals surface area (Å²) in [6, 6.07) is 6.75. The minimum Gasteiger partial charge on any atom is -0.337 e. The molecule has 0 aliphatic heterocycles. The molecule has 1 aliphatic rings. The summed E-state index contributed by atoms with van der Waals surface area (Å²) in [5.41, 5.74) is 1.66. The van der Waals surface area contributed by atoms with Gasteiger partial charge in [0, 0.05) is 17.8 Å². The molecule has 0 unspecified atom stereocenters. The summed E-state index contributed by atoms with van der Waals surface area (Å²) in [4.78, 5) is 23.0. The lowest BCUT2D eigenvalue weighted by molar-refractivity contribution is 0.101. The maximum absolute atomic E-state index is 11.8. The monoisotopic (exact) mass is 274 g/mol. The van der Waals surface area contributed by atoms with Gasteiger partial charge in [0.1, 0.15) is 0 Å². The van der Waals surface area contributed by atoms with E-state index in [1.54, 1.807) is 24.3 Å². The molecule has 4 nitrogen and oxygen atoms in total. The van der Waals surface area contributed by atoms with Gasteiger partial charge in [0.25, 0.3) is 0 Å². The fourth-order valence-electron chi connectivity index (χ4n) is 2.56. The number of amides is 2. The van der Waals surface area contributed by atoms with Crippen LogP contribution in [0.25, 0.3) is 0 Å². The third-order valence-corrected chi connectivity index (χ3v) is 4.34. The van der Waals surface area contributed by atoms with Crippen molar-refractivity contribution in [1.82, 2.24) is 5.32 Å². The van der Waals surface area contributed by atoms with E-state index in [2.05, 4.69) is 17.6 Å². The highest BCUT2D eigenvalue weighted by Crippen LogP contribution is 2.42. The van der Waals surface area contributed by atoms with E-state index in [0.717, 1.165) is 13.0 Å². The number of hydrogen-bond donors (Lipinski definition) is 2. The van der Waals surface area contributed by atoms with Crippen LogP contribution in [-0.2, 0) is 0 Å². The van der Waals surface area contributed by atoms with Crippen LogP contribution in [0, 0.1) is 5.41 Å². The Morgan fingerprint density at radius 3 is 2.30 bits per heavy atom. The summed E-state index contributed by atoms with van der Waals surface area (Å²) >= 11 is 0. The Labute approximate surface area is 119 Å². The van der Waals surface area contributed by atoms with Crippen LogP contribution in [-0.4, -0.2) is 18.4 Å². The number of carbonyl (C=O) groups is 2. The number of rotatable bonds is 5. The standard InChI is InChI=1S/C16H22N2O2/c1-3-16(9-4-10-16)11-17-15(20)18-14-7-5-13(6-8-14)12(2)19/h5-8H,3-4,9-11H2,1-2H3,(H2,17,18,20). The molecule has 0 spiro atoms. The number of benzene rings is 1. The topological polar surface area (TPSA) is 58.2 Å². The highest BCUT2D eigenvalue weighted by molar-refractivity contribution is 5.95. The molecule has 0 aromatic heterocycles. The van der Waals surface area contributed by atoms with Crippen molar-refractivity contribution in [2.24, 2.45) is 5.41 Å². The van der Waals surface area contributed by atoms with Gasteiger partial charge in [-0.15, -0.1) is 0 Å². The zero-order valence-electron chi connectivity index (χ0n) is 12.2. The molecule has 2 amide bonds. The lowest BCUT2D eigenvalue weighted by Crippen LogP contribution is -2.43. The van der Waals surface area contributed by atoms with Crippen LogP contribution in [0.3, 0.4) is 0 Å². The Morgan fingerprint density at radius 1 is 1.20 bits per heavy atom. The molecule has 0 saturated heterocycles. The van der Waals surface area contributed by atoms with Crippen molar-refractivity contribution in [3.63, 3.8) is 0 Å². The number of nitrogens with one attached hydrogen (secondary N) is 2. The molecule has 1 aromatic carbocycles. The summed E-state index contributed by atoms with van der Waals surface area (Å²) in [7, 11) is 0. The highest BCUT2D eigenvalue weighted by atomic mass is 16.2. The number of anilines is 1. The molecule has 1 saturated carbocycles. The number of hydrogen-bond acceptors (Lipinski definition) is 2. The van der Waals surface area contributed by atoms with E-state index < -0.39 is 0 Å². The van der Waals surface area contributed by atoms with Gasteiger partial charge in [-0.05, 0) is 55.9 Å². The Bertz CT molecular complexity index is 484. The molecule has 0 radical (unpaired) electrons. The van der Waals surface area contributed by atoms with Crippen molar-refractivity contribution in [3.8, 4) is 0 Å². The second kappa shape index (κ2) is 6.07. The molecular formula is C16H22N2O2. The van der Waals surface area contributed by atoms with Gasteiger partial charge in [-0.3, -0.25) is 4.79 Å². The molecule has 108 valence electrons. The molecule has 0 atom stereocenters. The molecule has 1 fully saturated rings. The maximum atomic E-state index is 11.8. The zero-order valence-corrected chi connectivity index (χ0v) is 12.2. The van der Waals surface area contributed by atoms with Crippen LogP contribution < -0.4 is 10.6 Å². The largest absolute Gasteiger partial charge is 0.337 e. The van der Waals surface area contributed by atoms with Crippen LogP contribution in [0.2, 0.25) is 0 Å². The van der Waals surface area contributed by atoms with Gasteiger partial charge in [-0.25, -0.2) is 4.79 Å². The van der Waals surface area contributed by atoms with Crippen LogP contribution in [0.1, 0.15) is 49.9 Å². The first kappa shape index (κ1) is 14.6. The summed E-state index contributed by atoms with van der Waals surface area (Å²) in [6.45, 7) is 4.44. The summed E-state index contributed by atoms with van der Waals surface area (Å²) in [5.74, 6) is 0.0240. The van der Waals surface area contributed by atoms with Gasteiger partial charge < -0.3 is 10.6 Å². The van der Waals surface area contributed by atoms with Gasteiger partial charge in [0.05, 0.1) is 0 Å². The zero-order chi connectivity index (χ0) is 14.6. The van der Waals surface area contributed by atoms with Crippen LogP contribution in [0.15, 0.2) is 24.3 Å². The number of ketones is 1. The fourth-order valence-corrected chi connectivity index (χ4v) is 2.56. The summed E-state index contributed by atoms with van der Waals surface area (Å²) in [5, 5.41) is 5.74. The summed E-state index contributed by atoms with van der Waals surface area (Å²) < 4.78 is 0. The van der Waals surface area contributed by atoms with E-state index in [4.69, 9.17) is 0 Å². The number of Topliss-reactive ketones (excluding diaryl/α,β-unsaturated/α-hetero) is 1. The first-order valence-corrected chi connectivity index (χ1v) is 7.20. The maximum Gasteiger partial charge on any atom is 0.319 e. The normalized spacial score (nSPS) is 16.1. The minimum absolute atomic E-state index is 0.0240. The van der Waals surface area contributed by atoms with Crippen molar-refractivity contribution in [3.05, 3.63) is 29.8 Å². The Morgan fingerprint density at radius 2 is 1.85 bits per heavy atom. The Kier molecular flexibility index (Phi) is 4.42. The molecule has 1 aliphatic carbocycles. The van der Waals surface area contributed by atoms with E-state index in [1.807, 2.05) is 0 Å². The van der Waals surface area contributed by atoms with Gasteiger partial charge in [0.15, 0.2) is 5.78 Å². The van der Waals surface area contributed by atoms with Crippen molar-refractivity contribution >= 4 is 17.5 Å². The van der Waals surface area contributed by atoms with E-state index in [9.17, 15) is 9.59 Å². The van der Waals surface area contributed by atoms with Crippen molar-refractivity contribution < 1.29 is 9.59 Å². The second-order valence-corrected chi connectivity index (χ2v) is 5.65. The van der Waals surface area contributed by atoms with Crippen molar-refractivity contribution in [2.45, 2.75) is 39.5 Å². The minimum atomic E-state index is -0.180. The smallest absolute Gasteiger partial charge is 0.319 e. The molecule has 4 heteroatoms. The molecule has 20 heavy (non-hydrogen) atoms. The lowest BCUT2D eigenvalue weighted by atomic mass is 9.67. The van der Waals surface area contributed by atoms with Gasteiger partial charge >= 0.3 is 6.03 Å². The quantitative estimate of drug-likeness (QED) is 0.806. The van der Waals surface area contributed by atoms with Gasteiger partial charge in [-0.2, -0.15) is 0 Å². The van der Waals surface area contributed by atoms with Crippen LogP contribution in [0.4, 0.5) is 10.5 Å².